The fraction of sp³-hybridized carbons (Fsp3) is 1.00. The van der Waals surface area contributed by atoms with Crippen molar-refractivity contribution >= 4 is 0 Å². The van der Waals surface area contributed by atoms with E-state index in [1.54, 1.807) is 0 Å². The average molecular weight is 241 g/mol. The molecule has 1 aliphatic carbocycles. The molecule has 0 spiro atoms. The predicted molar refractivity (Wildman–Crippen MR) is 69.2 cm³/mol. The highest BCUT2D eigenvalue weighted by Gasteiger charge is 2.38. The number of nitrogens with one attached hydrogen (secondary N) is 1. The maximum absolute atomic E-state index is 5.67. The third-order valence-corrected chi connectivity index (χ3v) is 4.68. The highest BCUT2D eigenvalue weighted by molar-refractivity contribution is 4.93. The van der Waals surface area contributed by atoms with Gasteiger partial charge in [-0.25, -0.2) is 0 Å². The zero-order chi connectivity index (χ0) is 12.4. The molecule has 2 unspecified atom stereocenters. The van der Waals surface area contributed by atoms with Gasteiger partial charge in [-0.15, -0.1) is 0 Å². The summed E-state index contributed by atoms with van der Waals surface area (Å²) in [6.07, 6.45) is 6.39. The minimum Gasteiger partial charge on any atom is -0.378 e. The number of methoxy groups -OCH3 is 1. The van der Waals surface area contributed by atoms with Gasteiger partial charge in [0.25, 0.3) is 0 Å². The van der Waals surface area contributed by atoms with Crippen LogP contribution in [0.15, 0.2) is 0 Å². The van der Waals surface area contributed by atoms with Crippen LogP contribution in [0.3, 0.4) is 0 Å². The van der Waals surface area contributed by atoms with E-state index >= 15 is 0 Å². The molecule has 1 saturated heterocycles. The largest absolute Gasteiger partial charge is 0.378 e. The number of hydrogen-bond donors (Lipinski definition) is 1. The van der Waals surface area contributed by atoms with Crippen molar-refractivity contribution < 1.29 is 9.47 Å². The minimum absolute atomic E-state index is 0.0759. The summed E-state index contributed by atoms with van der Waals surface area (Å²) in [6, 6.07) is 0.629. The van der Waals surface area contributed by atoms with Crippen molar-refractivity contribution in [2.24, 2.45) is 5.41 Å². The van der Waals surface area contributed by atoms with Crippen LogP contribution in [0.5, 0.6) is 0 Å². The van der Waals surface area contributed by atoms with Gasteiger partial charge in [0, 0.05) is 32.7 Å². The summed E-state index contributed by atoms with van der Waals surface area (Å²) in [5, 5.41) is 3.74. The molecule has 3 nitrogen and oxygen atoms in total. The van der Waals surface area contributed by atoms with E-state index < -0.39 is 0 Å². The van der Waals surface area contributed by atoms with Gasteiger partial charge < -0.3 is 14.8 Å². The van der Waals surface area contributed by atoms with Crippen LogP contribution in [0.1, 0.15) is 46.0 Å². The summed E-state index contributed by atoms with van der Waals surface area (Å²) in [6.45, 7) is 7.27. The normalized spacial score (nSPS) is 37.2. The van der Waals surface area contributed by atoms with Gasteiger partial charge in [-0.2, -0.15) is 0 Å². The highest BCUT2D eigenvalue weighted by Crippen LogP contribution is 2.35. The van der Waals surface area contributed by atoms with Crippen LogP contribution in [-0.2, 0) is 9.47 Å². The molecule has 1 aliphatic heterocycles. The molecule has 2 rings (SSSR count). The van der Waals surface area contributed by atoms with Gasteiger partial charge >= 0.3 is 0 Å². The first-order valence-corrected chi connectivity index (χ1v) is 6.94. The summed E-state index contributed by atoms with van der Waals surface area (Å²) in [7, 11) is 1.81. The van der Waals surface area contributed by atoms with Crippen LogP contribution in [0.4, 0.5) is 0 Å². The van der Waals surface area contributed by atoms with Crippen molar-refractivity contribution in [1.82, 2.24) is 5.32 Å². The van der Waals surface area contributed by atoms with E-state index in [0.29, 0.717) is 11.5 Å². The molecule has 2 fully saturated rings. The Hall–Kier alpha value is -0.120. The molecule has 2 atom stereocenters. The SMILES string of the molecule is COC1(CNC2CCCCC2(C)C)CCOC1. The molecule has 1 saturated carbocycles. The maximum Gasteiger partial charge on any atom is 0.106 e. The molecule has 1 N–H and O–H groups in total. The lowest BCUT2D eigenvalue weighted by Crippen LogP contribution is -2.51. The van der Waals surface area contributed by atoms with Crippen molar-refractivity contribution in [2.75, 3.05) is 26.9 Å². The molecule has 0 aromatic rings. The molecular weight excluding hydrogens is 214 g/mol. The zero-order valence-electron chi connectivity index (χ0n) is 11.6. The maximum atomic E-state index is 5.67. The molecule has 0 radical (unpaired) electrons. The van der Waals surface area contributed by atoms with Crippen molar-refractivity contribution in [3.63, 3.8) is 0 Å². The Kier molecular flexibility index (Phi) is 4.11. The Morgan fingerprint density at radius 1 is 1.29 bits per heavy atom. The molecule has 0 amide bonds. The van der Waals surface area contributed by atoms with Crippen LogP contribution < -0.4 is 5.32 Å². The molecule has 100 valence electrons. The van der Waals surface area contributed by atoms with E-state index in [-0.39, 0.29) is 5.60 Å². The molecule has 0 bridgehead atoms. The standard InChI is InChI=1S/C14H27NO2/c1-13(2)7-5-4-6-12(13)15-10-14(16-3)8-9-17-11-14/h12,15H,4-11H2,1-3H3. The van der Waals surface area contributed by atoms with Crippen LogP contribution in [0.2, 0.25) is 0 Å². The zero-order valence-corrected chi connectivity index (χ0v) is 11.6. The monoisotopic (exact) mass is 241 g/mol. The molecular formula is C14H27NO2. The van der Waals surface area contributed by atoms with Crippen molar-refractivity contribution in [3.8, 4) is 0 Å². The summed E-state index contributed by atoms with van der Waals surface area (Å²) >= 11 is 0. The number of rotatable bonds is 4. The van der Waals surface area contributed by atoms with Crippen molar-refractivity contribution in [2.45, 2.75) is 57.6 Å². The fourth-order valence-corrected chi connectivity index (χ4v) is 3.14. The van der Waals surface area contributed by atoms with Gasteiger partial charge in [0.15, 0.2) is 0 Å². The lowest BCUT2D eigenvalue weighted by molar-refractivity contribution is -0.0219. The second-order valence-electron chi connectivity index (χ2n) is 6.36. The predicted octanol–water partition coefficient (Wildman–Crippen LogP) is 2.35. The van der Waals surface area contributed by atoms with Gasteiger partial charge in [0.05, 0.1) is 6.61 Å². The molecule has 1 heterocycles. The Balaban J connectivity index is 1.88. The second-order valence-corrected chi connectivity index (χ2v) is 6.36. The van der Waals surface area contributed by atoms with E-state index in [0.717, 1.165) is 26.2 Å². The van der Waals surface area contributed by atoms with Gasteiger partial charge in [-0.3, -0.25) is 0 Å². The van der Waals surface area contributed by atoms with Gasteiger partial charge in [0.1, 0.15) is 5.60 Å². The Labute approximate surface area is 105 Å². The first kappa shape index (κ1) is 13.3. The van der Waals surface area contributed by atoms with Crippen molar-refractivity contribution in [1.29, 1.82) is 0 Å². The second kappa shape index (κ2) is 5.25. The van der Waals surface area contributed by atoms with E-state index in [1.807, 2.05) is 7.11 Å². The van der Waals surface area contributed by atoms with Crippen LogP contribution in [-0.4, -0.2) is 38.5 Å². The number of ether oxygens (including phenoxy) is 2. The Morgan fingerprint density at radius 2 is 2.12 bits per heavy atom. The van der Waals surface area contributed by atoms with E-state index in [1.165, 1.54) is 25.7 Å². The third-order valence-electron chi connectivity index (χ3n) is 4.68. The molecule has 17 heavy (non-hydrogen) atoms. The van der Waals surface area contributed by atoms with E-state index in [9.17, 15) is 0 Å². The fourth-order valence-electron chi connectivity index (χ4n) is 3.14. The summed E-state index contributed by atoms with van der Waals surface area (Å²) in [4.78, 5) is 0. The topological polar surface area (TPSA) is 30.5 Å². The number of hydrogen-bond acceptors (Lipinski definition) is 3. The first-order valence-electron chi connectivity index (χ1n) is 6.94. The summed E-state index contributed by atoms with van der Waals surface area (Å²) in [5.41, 5.74) is 0.347. The molecule has 0 aromatic heterocycles. The van der Waals surface area contributed by atoms with E-state index in [2.05, 4.69) is 19.2 Å². The summed E-state index contributed by atoms with van der Waals surface area (Å²) < 4.78 is 11.1. The van der Waals surface area contributed by atoms with Gasteiger partial charge in [0.2, 0.25) is 0 Å². The smallest absolute Gasteiger partial charge is 0.106 e. The van der Waals surface area contributed by atoms with Crippen molar-refractivity contribution in [3.05, 3.63) is 0 Å². The van der Waals surface area contributed by atoms with Crippen LogP contribution >= 0.6 is 0 Å². The Bertz CT molecular complexity index is 247. The minimum atomic E-state index is -0.0759. The van der Waals surface area contributed by atoms with Crippen LogP contribution in [0, 0.1) is 5.41 Å². The van der Waals surface area contributed by atoms with Gasteiger partial charge in [-0.1, -0.05) is 26.7 Å². The lowest BCUT2D eigenvalue weighted by Gasteiger charge is -2.41. The first-order chi connectivity index (χ1) is 8.08. The molecule has 3 heteroatoms. The highest BCUT2D eigenvalue weighted by atomic mass is 16.5. The Morgan fingerprint density at radius 3 is 2.71 bits per heavy atom. The van der Waals surface area contributed by atoms with Gasteiger partial charge in [-0.05, 0) is 18.3 Å². The third kappa shape index (κ3) is 3.01. The van der Waals surface area contributed by atoms with Crippen LogP contribution in [0.25, 0.3) is 0 Å². The quantitative estimate of drug-likeness (QED) is 0.819. The molecule has 0 aromatic carbocycles. The van der Waals surface area contributed by atoms with E-state index in [4.69, 9.17) is 9.47 Å². The lowest BCUT2D eigenvalue weighted by atomic mass is 9.73. The molecule has 2 aliphatic rings. The average Bonchev–Trinajstić information content (AvgIpc) is 2.76. The summed E-state index contributed by atoms with van der Waals surface area (Å²) in [5.74, 6) is 0.